The fourth-order valence-corrected chi connectivity index (χ4v) is 1.80. The molecule has 0 aromatic rings. The predicted molar refractivity (Wildman–Crippen MR) is 60.0 cm³/mol. The summed E-state index contributed by atoms with van der Waals surface area (Å²) < 4.78 is 42.5. The Labute approximate surface area is 104 Å². The molecule has 0 bridgehead atoms. The SMILES string of the molecule is CC(C)(C)OC(=O)N[C@H]1CCCN(C(F)(F)F)C1. The van der Waals surface area contributed by atoms with Gasteiger partial charge in [-0.2, -0.15) is 13.2 Å². The summed E-state index contributed by atoms with van der Waals surface area (Å²) in [6.07, 6.45) is -4.07. The van der Waals surface area contributed by atoms with Gasteiger partial charge in [0.1, 0.15) is 5.60 Å². The second-order valence-electron chi connectivity index (χ2n) is 5.40. The van der Waals surface area contributed by atoms with E-state index in [1.165, 1.54) is 0 Å². The van der Waals surface area contributed by atoms with Crippen molar-refractivity contribution in [2.75, 3.05) is 13.1 Å². The van der Waals surface area contributed by atoms with Crippen molar-refractivity contribution >= 4 is 6.09 Å². The molecule has 1 saturated heterocycles. The lowest BCUT2D eigenvalue weighted by molar-refractivity contribution is -0.251. The lowest BCUT2D eigenvalue weighted by Gasteiger charge is -2.34. The molecule has 4 nitrogen and oxygen atoms in total. The van der Waals surface area contributed by atoms with Crippen molar-refractivity contribution in [1.82, 2.24) is 10.2 Å². The van der Waals surface area contributed by atoms with Gasteiger partial charge in [0, 0.05) is 19.1 Å². The van der Waals surface area contributed by atoms with Gasteiger partial charge < -0.3 is 10.1 Å². The van der Waals surface area contributed by atoms with E-state index in [1.54, 1.807) is 20.8 Å². The van der Waals surface area contributed by atoms with E-state index in [4.69, 9.17) is 4.74 Å². The molecule has 0 aliphatic carbocycles. The fourth-order valence-electron chi connectivity index (χ4n) is 1.80. The Balaban J connectivity index is 2.46. The summed E-state index contributed by atoms with van der Waals surface area (Å²) in [4.78, 5) is 11.9. The van der Waals surface area contributed by atoms with E-state index in [0.717, 1.165) is 0 Å². The Morgan fingerprint density at radius 1 is 1.33 bits per heavy atom. The lowest BCUT2D eigenvalue weighted by Crippen LogP contribution is -2.52. The van der Waals surface area contributed by atoms with Gasteiger partial charge in [0.2, 0.25) is 0 Å². The molecule has 0 aromatic carbocycles. The average molecular weight is 268 g/mol. The molecule has 0 aromatic heterocycles. The van der Waals surface area contributed by atoms with Crippen molar-refractivity contribution in [1.29, 1.82) is 0 Å². The number of rotatable bonds is 1. The van der Waals surface area contributed by atoms with Crippen molar-refractivity contribution in [2.24, 2.45) is 0 Å². The van der Waals surface area contributed by atoms with Gasteiger partial charge in [-0.05, 0) is 33.6 Å². The molecule has 0 spiro atoms. The molecular weight excluding hydrogens is 249 g/mol. The number of hydrogen-bond donors (Lipinski definition) is 1. The summed E-state index contributed by atoms with van der Waals surface area (Å²) in [5.74, 6) is 0. The van der Waals surface area contributed by atoms with Crippen molar-refractivity contribution in [3.05, 3.63) is 0 Å². The Bertz CT molecular complexity index is 300. The monoisotopic (exact) mass is 268 g/mol. The maximum atomic E-state index is 12.5. The number of alkyl carbamates (subject to hydrolysis) is 1. The van der Waals surface area contributed by atoms with Gasteiger partial charge in [-0.25, -0.2) is 9.69 Å². The first-order chi connectivity index (χ1) is 8.08. The molecule has 1 aliphatic rings. The second kappa shape index (κ2) is 5.34. The largest absolute Gasteiger partial charge is 0.459 e. The van der Waals surface area contributed by atoms with Crippen LogP contribution < -0.4 is 5.32 Å². The Morgan fingerprint density at radius 2 is 1.94 bits per heavy atom. The molecule has 1 aliphatic heterocycles. The maximum Gasteiger partial charge on any atom is 0.459 e. The third-order valence-corrected chi connectivity index (χ3v) is 2.50. The number of amides is 1. The minimum Gasteiger partial charge on any atom is -0.444 e. The van der Waals surface area contributed by atoms with Gasteiger partial charge >= 0.3 is 12.4 Å². The molecule has 0 saturated carbocycles. The first-order valence-corrected chi connectivity index (χ1v) is 5.89. The number of alkyl halides is 3. The second-order valence-corrected chi connectivity index (χ2v) is 5.40. The van der Waals surface area contributed by atoms with Crippen LogP contribution in [0.15, 0.2) is 0 Å². The van der Waals surface area contributed by atoms with Crippen molar-refractivity contribution in [2.45, 2.75) is 51.6 Å². The molecule has 1 heterocycles. The zero-order chi connectivity index (χ0) is 14.0. The summed E-state index contributed by atoms with van der Waals surface area (Å²) in [5, 5.41) is 2.47. The molecule has 1 N–H and O–H groups in total. The van der Waals surface area contributed by atoms with Gasteiger partial charge in [0.25, 0.3) is 0 Å². The van der Waals surface area contributed by atoms with Crippen LogP contribution in [0, 0.1) is 0 Å². The van der Waals surface area contributed by atoms with E-state index in [2.05, 4.69) is 5.32 Å². The van der Waals surface area contributed by atoms with Crippen molar-refractivity contribution in [3.63, 3.8) is 0 Å². The quantitative estimate of drug-likeness (QED) is 0.743. The van der Waals surface area contributed by atoms with Crippen LogP contribution in [0.5, 0.6) is 0 Å². The number of likely N-dealkylation sites (tertiary alicyclic amines) is 1. The van der Waals surface area contributed by atoms with Crippen LogP contribution in [-0.4, -0.2) is 42.0 Å². The number of hydrogen-bond acceptors (Lipinski definition) is 3. The smallest absolute Gasteiger partial charge is 0.444 e. The van der Waals surface area contributed by atoms with Crippen molar-refractivity contribution in [3.8, 4) is 0 Å². The number of nitrogens with one attached hydrogen (secondary N) is 1. The van der Waals surface area contributed by atoms with Crippen LogP contribution in [0.4, 0.5) is 18.0 Å². The highest BCUT2D eigenvalue weighted by Gasteiger charge is 2.40. The molecule has 0 unspecified atom stereocenters. The van der Waals surface area contributed by atoms with Crippen LogP contribution >= 0.6 is 0 Å². The van der Waals surface area contributed by atoms with E-state index >= 15 is 0 Å². The summed E-state index contributed by atoms with van der Waals surface area (Å²) >= 11 is 0. The van der Waals surface area contributed by atoms with Crippen LogP contribution in [0.1, 0.15) is 33.6 Å². The summed E-state index contributed by atoms with van der Waals surface area (Å²) in [7, 11) is 0. The first-order valence-electron chi connectivity index (χ1n) is 5.89. The summed E-state index contributed by atoms with van der Waals surface area (Å²) in [6, 6.07) is -0.518. The molecule has 1 amide bonds. The highest BCUT2D eigenvalue weighted by atomic mass is 19.4. The van der Waals surface area contributed by atoms with Gasteiger partial charge in [0.15, 0.2) is 0 Å². The number of ether oxygens (including phenoxy) is 1. The third-order valence-electron chi connectivity index (χ3n) is 2.50. The maximum absolute atomic E-state index is 12.5. The highest BCUT2D eigenvalue weighted by Crippen LogP contribution is 2.25. The van der Waals surface area contributed by atoms with E-state index < -0.39 is 24.0 Å². The topological polar surface area (TPSA) is 41.6 Å². The van der Waals surface area contributed by atoms with Gasteiger partial charge in [-0.1, -0.05) is 0 Å². The van der Waals surface area contributed by atoms with Crippen LogP contribution in [-0.2, 0) is 4.74 Å². The lowest BCUT2D eigenvalue weighted by atomic mass is 10.1. The van der Waals surface area contributed by atoms with E-state index in [-0.39, 0.29) is 13.1 Å². The van der Waals surface area contributed by atoms with Crippen LogP contribution in [0.3, 0.4) is 0 Å². The van der Waals surface area contributed by atoms with Crippen molar-refractivity contribution < 1.29 is 22.7 Å². The number of halogens is 3. The number of nitrogens with zero attached hydrogens (tertiary/aromatic N) is 1. The highest BCUT2D eigenvalue weighted by molar-refractivity contribution is 5.68. The van der Waals surface area contributed by atoms with E-state index in [0.29, 0.717) is 17.7 Å². The average Bonchev–Trinajstić information content (AvgIpc) is 2.13. The third kappa shape index (κ3) is 5.12. The van der Waals surface area contributed by atoms with Gasteiger partial charge in [-0.15, -0.1) is 0 Å². The molecule has 106 valence electrons. The number of carbonyl (C=O) groups excluding carboxylic acids is 1. The van der Waals surface area contributed by atoms with Gasteiger partial charge in [-0.3, -0.25) is 0 Å². The Kier molecular flexibility index (Phi) is 4.47. The summed E-state index contributed by atoms with van der Waals surface area (Å²) in [6.45, 7) is 4.87. The summed E-state index contributed by atoms with van der Waals surface area (Å²) in [5.41, 5.74) is -0.650. The zero-order valence-electron chi connectivity index (χ0n) is 10.8. The number of carbonyl (C=O) groups is 1. The van der Waals surface area contributed by atoms with Crippen LogP contribution in [0.2, 0.25) is 0 Å². The molecule has 1 fully saturated rings. The standard InChI is InChI=1S/C11H19F3N2O2/c1-10(2,3)18-9(17)15-8-5-4-6-16(7-8)11(12,13)14/h8H,4-7H2,1-3H3,(H,15,17)/t8-/m0/s1. The Morgan fingerprint density at radius 3 is 2.44 bits per heavy atom. The molecule has 1 rings (SSSR count). The molecule has 0 radical (unpaired) electrons. The minimum atomic E-state index is -4.34. The number of piperidine rings is 1. The zero-order valence-corrected chi connectivity index (χ0v) is 10.8. The molecule has 18 heavy (non-hydrogen) atoms. The Hall–Kier alpha value is -0.980. The first kappa shape index (κ1) is 15.1. The normalized spacial score (nSPS) is 22.7. The minimum absolute atomic E-state index is 0.0179. The van der Waals surface area contributed by atoms with Crippen LogP contribution in [0.25, 0.3) is 0 Å². The van der Waals surface area contributed by atoms with Gasteiger partial charge in [0.05, 0.1) is 0 Å². The molecular formula is C11H19F3N2O2. The molecule has 7 heteroatoms. The predicted octanol–water partition coefficient (Wildman–Crippen LogP) is 2.50. The molecule has 1 atom stereocenters. The van der Waals surface area contributed by atoms with E-state index in [9.17, 15) is 18.0 Å². The van der Waals surface area contributed by atoms with E-state index in [1.807, 2.05) is 0 Å². The fraction of sp³-hybridized carbons (Fsp3) is 0.909.